The summed E-state index contributed by atoms with van der Waals surface area (Å²) in [6.07, 6.45) is 9.51. The van der Waals surface area contributed by atoms with Gasteiger partial charge in [0.05, 0.1) is 5.92 Å². The van der Waals surface area contributed by atoms with Crippen molar-refractivity contribution in [2.24, 2.45) is 17.8 Å². The van der Waals surface area contributed by atoms with Crippen LogP contribution in [0.5, 0.6) is 0 Å². The number of carboxylic acid groups (broad SMARTS) is 1. The van der Waals surface area contributed by atoms with E-state index in [1.54, 1.807) is 0 Å². The molecule has 4 nitrogen and oxygen atoms in total. The number of hydrogen-bond acceptors (Lipinski definition) is 2. The minimum Gasteiger partial charge on any atom is -0.481 e. The number of hydrogen-bond donors (Lipinski definition) is 2. The molecule has 0 spiro atoms. The van der Waals surface area contributed by atoms with Crippen LogP contribution >= 0.6 is 0 Å². The van der Waals surface area contributed by atoms with Crippen LogP contribution in [-0.2, 0) is 9.59 Å². The third-order valence-electron chi connectivity index (χ3n) is 4.10. The van der Waals surface area contributed by atoms with Crippen molar-refractivity contribution in [2.45, 2.75) is 38.5 Å². The first-order chi connectivity index (χ1) is 8.66. The molecule has 0 aromatic carbocycles. The van der Waals surface area contributed by atoms with E-state index in [9.17, 15) is 9.59 Å². The summed E-state index contributed by atoms with van der Waals surface area (Å²) in [6, 6.07) is 0. The number of carboxylic acids is 1. The van der Waals surface area contributed by atoms with E-state index in [1.165, 1.54) is 0 Å². The second-order valence-corrected chi connectivity index (χ2v) is 5.44. The Labute approximate surface area is 107 Å². The number of amides is 1. The normalized spacial score (nSPS) is 31.2. The van der Waals surface area contributed by atoms with Crippen molar-refractivity contribution in [1.29, 1.82) is 0 Å². The maximum atomic E-state index is 11.9. The molecule has 0 aromatic heterocycles. The van der Waals surface area contributed by atoms with Gasteiger partial charge in [0.25, 0.3) is 0 Å². The lowest BCUT2D eigenvalue weighted by Gasteiger charge is -2.19. The minimum atomic E-state index is -0.761. The Morgan fingerprint density at radius 2 is 1.94 bits per heavy atom. The molecule has 1 fully saturated rings. The first kappa shape index (κ1) is 13.1. The molecular weight excluding hydrogens is 230 g/mol. The maximum absolute atomic E-state index is 11.9. The van der Waals surface area contributed by atoms with Gasteiger partial charge >= 0.3 is 5.97 Å². The highest BCUT2D eigenvalue weighted by Crippen LogP contribution is 2.31. The lowest BCUT2D eigenvalue weighted by atomic mass is 9.94. The average Bonchev–Trinajstić information content (AvgIpc) is 2.87. The Bertz CT molecular complexity index is 351. The summed E-state index contributed by atoms with van der Waals surface area (Å²) in [5.41, 5.74) is 0. The van der Waals surface area contributed by atoms with Crippen LogP contribution in [0, 0.1) is 17.8 Å². The van der Waals surface area contributed by atoms with Crippen LogP contribution in [0.15, 0.2) is 12.2 Å². The van der Waals surface area contributed by atoms with Crippen LogP contribution in [0.2, 0.25) is 0 Å². The van der Waals surface area contributed by atoms with Gasteiger partial charge in [0.15, 0.2) is 0 Å². The molecule has 100 valence electrons. The zero-order valence-electron chi connectivity index (χ0n) is 10.6. The van der Waals surface area contributed by atoms with Gasteiger partial charge in [0.2, 0.25) is 5.91 Å². The molecule has 0 heterocycles. The first-order valence-corrected chi connectivity index (χ1v) is 6.82. The van der Waals surface area contributed by atoms with Crippen LogP contribution in [0.1, 0.15) is 38.5 Å². The molecule has 1 saturated carbocycles. The van der Waals surface area contributed by atoms with Gasteiger partial charge < -0.3 is 10.4 Å². The first-order valence-electron chi connectivity index (χ1n) is 6.82. The molecule has 1 amide bonds. The van der Waals surface area contributed by atoms with Gasteiger partial charge in [-0.15, -0.1) is 0 Å². The molecule has 3 atom stereocenters. The van der Waals surface area contributed by atoms with Crippen molar-refractivity contribution in [2.75, 3.05) is 6.54 Å². The molecule has 0 bridgehead atoms. The number of rotatable bonds is 4. The Balaban J connectivity index is 1.72. The van der Waals surface area contributed by atoms with E-state index in [0.717, 1.165) is 25.8 Å². The van der Waals surface area contributed by atoms with E-state index >= 15 is 0 Å². The number of carbonyl (C=O) groups excluding carboxylic acids is 1. The second-order valence-electron chi connectivity index (χ2n) is 5.44. The Hall–Kier alpha value is -1.32. The predicted molar refractivity (Wildman–Crippen MR) is 68.0 cm³/mol. The summed E-state index contributed by atoms with van der Waals surface area (Å²) in [5.74, 6) is -0.574. The van der Waals surface area contributed by atoms with Gasteiger partial charge in [-0.1, -0.05) is 12.2 Å². The lowest BCUT2D eigenvalue weighted by Crippen LogP contribution is -2.34. The smallest absolute Gasteiger partial charge is 0.306 e. The van der Waals surface area contributed by atoms with Gasteiger partial charge in [-0.3, -0.25) is 9.59 Å². The summed E-state index contributed by atoms with van der Waals surface area (Å²) in [5, 5.41) is 11.9. The monoisotopic (exact) mass is 251 g/mol. The number of aliphatic carboxylic acids is 1. The fourth-order valence-corrected chi connectivity index (χ4v) is 2.87. The van der Waals surface area contributed by atoms with Gasteiger partial charge in [0, 0.05) is 12.5 Å². The summed E-state index contributed by atoms with van der Waals surface area (Å²) in [7, 11) is 0. The van der Waals surface area contributed by atoms with E-state index in [-0.39, 0.29) is 17.7 Å². The summed E-state index contributed by atoms with van der Waals surface area (Å²) >= 11 is 0. The number of carbonyl (C=O) groups is 2. The average molecular weight is 251 g/mol. The van der Waals surface area contributed by atoms with Crippen molar-refractivity contribution in [1.82, 2.24) is 5.32 Å². The largest absolute Gasteiger partial charge is 0.481 e. The zero-order chi connectivity index (χ0) is 13.0. The highest BCUT2D eigenvalue weighted by molar-refractivity contribution is 5.80. The van der Waals surface area contributed by atoms with Crippen LogP contribution in [0.4, 0.5) is 0 Å². The molecule has 2 aliphatic rings. The number of nitrogens with one attached hydrogen (secondary N) is 1. The molecule has 18 heavy (non-hydrogen) atoms. The summed E-state index contributed by atoms with van der Waals surface area (Å²) in [4.78, 5) is 22.8. The molecule has 2 rings (SSSR count). The quantitative estimate of drug-likeness (QED) is 0.751. The standard InChI is InChI=1S/C14H21NO3/c16-13(11-6-7-12(8-11)14(17)18)15-9-10-4-2-1-3-5-10/h1-2,10-12H,3-9H2,(H,15,16)(H,17,18)/t10?,11-,12+/m0/s1. The van der Waals surface area contributed by atoms with Crippen molar-refractivity contribution in [3.8, 4) is 0 Å². The summed E-state index contributed by atoms with van der Waals surface area (Å²) < 4.78 is 0. The van der Waals surface area contributed by atoms with Crippen LogP contribution in [0.3, 0.4) is 0 Å². The van der Waals surface area contributed by atoms with E-state index in [0.29, 0.717) is 25.2 Å². The van der Waals surface area contributed by atoms with Crippen molar-refractivity contribution < 1.29 is 14.7 Å². The predicted octanol–water partition coefficient (Wildman–Crippen LogP) is 1.96. The van der Waals surface area contributed by atoms with Gasteiger partial charge in [-0.05, 0) is 44.4 Å². The van der Waals surface area contributed by atoms with Gasteiger partial charge in [-0.2, -0.15) is 0 Å². The SMILES string of the molecule is O=C(O)[C@@H]1CC[C@H](C(=O)NCC2CC=CCC2)C1. The van der Waals surface area contributed by atoms with Gasteiger partial charge in [-0.25, -0.2) is 0 Å². The third kappa shape index (κ3) is 3.34. The molecule has 0 saturated heterocycles. The van der Waals surface area contributed by atoms with Crippen molar-refractivity contribution in [3.05, 3.63) is 12.2 Å². The molecule has 0 aromatic rings. The van der Waals surface area contributed by atoms with Crippen molar-refractivity contribution in [3.63, 3.8) is 0 Å². The van der Waals surface area contributed by atoms with E-state index in [1.807, 2.05) is 0 Å². The van der Waals surface area contributed by atoms with Crippen molar-refractivity contribution >= 4 is 11.9 Å². The van der Waals surface area contributed by atoms with E-state index < -0.39 is 5.97 Å². The molecule has 4 heteroatoms. The van der Waals surface area contributed by atoms with E-state index in [4.69, 9.17) is 5.11 Å². The lowest BCUT2D eigenvalue weighted by molar-refractivity contribution is -0.141. The Kier molecular flexibility index (Phi) is 4.39. The highest BCUT2D eigenvalue weighted by Gasteiger charge is 2.33. The molecular formula is C14H21NO3. The number of allylic oxidation sites excluding steroid dienone is 2. The molecule has 2 N–H and O–H groups in total. The molecule has 1 unspecified atom stereocenters. The second kappa shape index (κ2) is 6.03. The topological polar surface area (TPSA) is 66.4 Å². The van der Waals surface area contributed by atoms with Crippen LogP contribution in [-0.4, -0.2) is 23.5 Å². The van der Waals surface area contributed by atoms with Gasteiger partial charge in [0.1, 0.15) is 0 Å². The molecule has 2 aliphatic carbocycles. The Morgan fingerprint density at radius 3 is 2.56 bits per heavy atom. The fraction of sp³-hybridized carbons (Fsp3) is 0.714. The van der Waals surface area contributed by atoms with Crippen LogP contribution < -0.4 is 5.32 Å². The van der Waals surface area contributed by atoms with Crippen LogP contribution in [0.25, 0.3) is 0 Å². The summed E-state index contributed by atoms with van der Waals surface area (Å²) in [6.45, 7) is 0.734. The fourth-order valence-electron chi connectivity index (χ4n) is 2.87. The minimum absolute atomic E-state index is 0.0494. The molecule has 0 radical (unpaired) electrons. The Morgan fingerprint density at radius 1 is 1.17 bits per heavy atom. The third-order valence-corrected chi connectivity index (χ3v) is 4.10. The maximum Gasteiger partial charge on any atom is 0.306 e. The van der Waals surface area contributed by atoms with E-state index in [2.05, 4.69) is 17.5 Å². The molecule has 0 aliphatic heterocycles. The zero-order valence-corrected chi connectivity index (χ0v) is 10.6. The highest BCUT2D eigenvalue weighted by atomic mass is 16.4.